The summed E-state index contributed by atoms with van der Waals surface area (Å²) in [6, 6.07) is 18.3. The van der Waals surface area contributed by atoms with Crippen LogP contribution in [0.1, 0.15) is 40.5 Å². The summed E-state index contributed by atoms with van der Waals surface area (Å²) in [4.78, 5) is 21.2. The molecule has 2 heterocycles. The van der Waals surface area contributed by atoms with E-state index in [1.54, 1.807) is 4.90 Å². The van der Waals surface area contributed by atoms with E-state index in [1.807, 2.05) is 36.4 Å². The molecule has 1 aromatic heterocycles. The number of nitrogens with zero attached hydrogens (tertiary/aromatic N) is 3. The van der Waals surface area contributed by atoms with Gasteiger partial charge >= 0.3 is 0 Å². The zero-order valence-electron chi connectivity index (χ0n) is 17.5. The number of carbonyl (C=O) groups excluding carboxylic acids is 1. The number of hydrogen-bond donors (Lipinski definition) is 0. The second-order valence-electron chi connectivity index (χ2n) is 7.65. The Hall–Kier alpha value is -2.67. The summed E-state index contributed by atoms with van der Waals surface area (Å²) in [7, 11) is 0. The lowest BCUT2D eigenvalue weighted by Gasteiger charge is -2.28. The van der Waals surface area contributed by atoms with Crippen molar-refractivity contribution < 1.29 is 13.9 Å². The van der Waals surface area contributed by atoms with Gasteiger partial charge in [-0.1, -0.05) is 54.1 Å². The molecular weight excluding hydrogens is 414 g/mol. The molecule has 1 fully saturated rings. The van der Waals surface area contributed by atoms with E-state index in [0.29, 0.717) is 56.0 Å². The van der Waals surface area contributed by atoms with Crippen LogP contribution in [0.2, 0.25) is 5.02 Å². The number of hydrogen-bond acceptors (Lipinski definition) is 5. The molecule has 0 saturated carbocycles. The molecule has 31 heavy (non-hydrogen) atoms. The standard InChI is InChI=1S/C24H26ClN3O3/c1-18(20-7-3-2-4-8-20)28(15-19-6-5-9-21(25)14-19)16-23-26-22(17-31-23)24(29)27-10-12-30-13-11-27/h2-9,14,17-18H,10-13,15-16H2,1H3. The molecule has 1 amide bonds. The highest BCUT2D eigenvalue weighted by atomic mass is 35.5. The van der Waals surface area contributed by atoms with E-state index in [0.717, 1.165) is 5.56 Å². The summed E-state index contributed by atoms with van der Waals surface area (Å²) >= 11 is 6.20. The number of benzene rings is 2. The largest absolute Gasteiger partial charge is 0.447 e. The molecular formula is C24H26ClN3O3. The van der Waals surface area contributed by atoms with E-state index < -0.39 is 0 Å². The zero-order chi connectivity index (χ0) is 21.6. The molecule has 0 radical (unpaired) electrons. The maximum atomic E-state index is 12.7. The molecule has 1 aliphatic rings. The monoisotopic (exact) mass is 439 g/mol. The summed E-state index contributed by atoms with van der Waals surface area (Å²) in [6.45, 7) is 5.56. The van der Waals surface area contributed by atoms with Gasteiger partial charge in [-0.3, -0.25) is 9.69 Å². The maximum absolute atomic E-state index is 12.7. The van der Waals surface area contributed by atoms with Crippen LogP contribution in [-0.4, -0.2) is 47.0 Å². The van der Waals surface area contributed by atoms with Gasteiger partial charge in [0.05, 0.1) is 19.8 Å². The molecule has 0 N–H and O–H groups in total. The van der Waals surface area contributed by atoms with Gasteiger partial charge in [0.2, 0.25) is 5.89 Å². The van der Waals surface area contributed by atoms with Crippen molar-refractivity contribution in [3.05, 3.63) is 88.6 Å². The topological polar surface area (TPSA) is 58.8 Å². The number of amides is 1. The van der Waals surface area contributed by atoms with Crippen molar-refractivity contribution in [1.29, 1.82) is 0 Å². The summed E-state index contributed by atoms with van der Waals surface area (Å²) in [5.74, 6) is 0.400. The van der Waals surface area contributed by atoms with Crippen LogP contribution in [0.4, 0.5) is 0 Å². The quantitative estimate of drug-likeness (QED) is 0.540. The number of ether oxygens (including phenoxy) is 1. The Bertz CT molecular complexity index is 1000. The van der Waals surface area contributed by atoms with Crippen LogP contribution in [0.25, 0.3) is 0 Å². The number of aromatic nitrogens is 1. The Morgan fingerprint density at radius 1 is 1.13 bits per heavy atom. The molecule has 7 heteroatoms. The molecule has 2 aromatic carbocycles. The van der Waals surface area contributed by atoms with E-state index in [1.165, 1.54) is 11.8 Å². The van der Waals surface area contributed by atoms with E-state index >= 15 is 0 Å². The second kappa shape index (κ2) is 10.1. The van der Waals surface area contributed by atoms with Gasteiger partial charge in [0.25, 0.3) is 5.91 Å². The second-order valence-corrected chi connectivity index (χ2v) is 8.09. The van der Waals surface area contributed by atoms with E-state index in [-0.39, 0.29) is 11.9 Å². The van der Waals surface area contributed by atoms with E-state index in [2.05, 4.69) is 35.0 Å². The molecule has 3 aromatic rings. The van der Waals surface area contributed by atoms with Crippen molar-refractivity contribution in [1.82, 2.24) is 14.8 Å². The average molecular weight is 440 g/mol. The van der Waals surface area contributed by atoms with Crippen molar-refractivity contribution in [3.8, 4) is 0 Å². The summed E-state index contributed by atoms with van der Waals surface area (Å²) in [6.07, 6.45) is 1.46. The first kappa shape index (κ1) is 21.6. The number of halogens is 1. The molecule has 4 rings (SSSR count). The summed E-state index contributed by atoms with van der Waals surface area (Å²) < 4.78 is 11.0. The van der Waals surface area contributed by atoms with Gasteiger partial charge in [-0.15, -0.1) is 0 Å². The van der Waals surface area contributed by atoms with E-state index in [4.69, 9.17) is 20.8 Å². The first-order valence-electron chi connectivity index (χ1n) is 10.4. The number of rotatable bonds is 7. The Labute approximate surface area is 187 Å². The van der Waals surface area contributed by atoms with Gasteiger partial charge < -0.3 is 14.1 Å². The van der Waals surface area contributed by atoms with Crippen LogP contribution in [0, 0.1) is 0 Å². The Kier molecular flexibility index (Phi) is 7.02. The van der Waals surface area contributed by atoms with Gasteiger partial charge in [-0.05, 0) is 30.2 Å². The fourth-order valence-electron chi connectivity index (χ4n) is 3.73. The third kappa shape index (κ3) is 5.53. The number of carbonyl (C=O) groups is 1. The molecule has 6 nitrogen and oxygen atoms in total. The van der Waals surface area contributed by atoms with Crippen molar-refractivity contribution in [2.45, 2.75) is 26.1 Å². The number of oxazole rings is 1. The van der Waals surface area contributed by atoms with Gasteiger partial charge in [0, 0.05) is 30.7 Å². The van der Waals surface area contributed by atoms with Crippen LogP contribution >= 0.6 is 11.6 Å². The van der Waals surface area contributed by atoms with Gasteiger partial charge in [0.15, 0.2) is 5.69 Å². The first-order valence-corrected chi connectivity index (χ1v) is 10.8. The van der Waals surface area contributed by atoms with Crippen molar-refractivity contribution in [2.75, 3.05) is 26.3 Å². The summed E-state index contributed by atoms with van der Waals surface area (Å²) in [5.41, 5.74) is 2.64. The molecule has 1 unspecified atom stereocenters. The third-order valence-corrected chi connectivity index (χ3v) is 5.75. The predicted molar refractivity (Wildman–Crippen MR) is 119 cm³/mol. The van der Waals surface area contributed by atoms with Crippen LogP contribution in [-0.2, 0) is 17.8 Å². The minimum Gasteiger partial charge on any atom is -0.447 e. The van der Waals surface area contributed by atoms with Crippen LogP contribution < -0.4 is 0 Å². The number of morpholine rings is 1. The fourth-order valence-corrected chi connectivity index (χ4v) is 3.94. The highest BCUT2D eigenvalue weighted by Crippen LogP contribution is 2.25. The predicted octanol–water partition coefficient (Wildman–Crippen LogP) is 4.56. The molecule has 0 spiro atoms. The minimum absolute atomic E-state index is 0.115. The smallest absolute Gasteiger partial charge is 0.275 e. The zero-order valence-corrected chi connectivity index (χ0v) is 18.3. The average Bonchev–Trinajstić information content (AvgIpc) is 3.27. The third-order valence-electron chi connectivity index (χ3n) is 5.51. The van der Waals surface area contributed by atoms with Crippen LogP contribution in [0.3, 0.4) is 0 Å². The molecule has 1 atom stereocenters. The Morgan fingerprint density at radius 3 is 2.65 bits per heavy atom. The van der Waals surface area contributed by atoms with Gasteiger partial charge in [-0.2, -0.15) is 0 Å². The van der Waals surface area contributed by atoms with Crippen molar-refractivity contribution >= 4 is 17.5 Å². The van der Waals surface area contributed by atoms with E-state index in [9.17, 15) is 4.79 Å². The molecule has 1 saturated heterocycles. The SMILES string of the molecule is CC(c1ccccc1)N(Cc1cccc(Cl)c1)Cc1nc(C(=O)N2CCOCC2)co1. The maximum Gasteiger partial charge on any atom is 0.275 e. The highest BCUT2D eigenvalue weighted by Gasteiger charge is 2.24. The van der Waals surface area contributed by atoms with Crippen LogP contribution in [0.15, 0.2) is 65.3 Å². The summed E-state index contributed by atoms with van der Waals surface area (Å²) in [5, 5.41) is 0.708. The van der Waals surface area contributed by atoms with Gasteiger partial charge in [-0.25, -0.2) is 4.98 Å². The molecule has 0 bridgehead atoms. The lowest BCUT2D eigenvalue weighted by atomic mass is 10.1. The van der Waals surface area contributed by atoms with Crippen molar-refractivity contribution in [2.24, 2.45) is 0 Å². The Balaban J connectivity index is 1.53. The molecule has 1 aliphatic heterocycles. The van der Waals surface area contributed by atoms with Crippen molar-refractivity contribution in [3.63, 3.8) is 0 Å². The highest BCUT2D eigenvalue weighted by molar-refractivity contribution is 6.30. The minimum atomic E-state index is -0.115. The fraction of sp³-hybridized carbons (Fsp3) is 0.333. The van der Waals surface area contributed by atoms with Crippen LogP contribution in [0.5, 0.6) is 0 Å². The molecule has 0 aliphatic carbocycles. The lowest BCUT2D eigenvalue weighted by Crippen LogP contribution is -2.40. The molecule has 162 valence electrons. The Morgan fingerprint density at radius 2 is 1.90 bits per heavy atom. The van der Waals surface area contributed by atoms with Gasteiger partial charge in [0.1, 0.15) is 6.26 Å². The normalized spacial score (nSPS) is 15.3. The first-order chi connectivity index (χ1) is 15.1. The lowest BCUT2D eigenvalue weighted by molar-refractivity contribution is 0.0299.